The molecule has 1 aliphatic rings. The van der Waals surface area contributed by atoms with Crippen LogP contribution in [0.25, 0.3) is 0 Å². The SMILES string of the molecule is Cl.O=[N+]([O-])c1ccc(NC2CC2c2ccccc2)cc1. The van der Waals surface area contributed by atoms with Crippen molar-refractivity contribution in [1.29, 1.82) is 0 Å². The smallest absolute Gasteiger partial charge is 0.269 e. The molecule has 0 bridgehead atoms. The van der Waals surface area contributed by atoms with E-state index in [1.165, 1.54) is 17.7 Å². The highest BCUT2D eigenvalue weighted by atomic mass is 35.5. The molecule has 0 aromatic heterocycles. The van der Waals surface area contributed by atoms with Crippen molar-refractivity contribution in [2.24, 2.45) is 0 Å². The molecular formula is C15H15ClN2O2. The van der Waals surface area contributed by atoms with Crippen molar-refractivity contribution >= 4 is 23.8 Å². The molecule has 5 heteroatoms. The lowest BCUT2D eigenvalue weighted by Gasteiger charge is -2.05. The van der Waals surface area contributed by atoms with Gasteiger partial charge in [0, 0.05) is 29.8 Å². The molecule has 1 N–H and O–H groups in total. The fourth-order valence-corrected chi connectivity index (χ4v) is 2.32. The lowest BCUT2D eigenvalue weighted by Crippen LogP contribution is -2.03. The molecule has 3 rings (SSSR count). The Morgan fingerprint density at radius 3 is 2.30 bits per heavy atom. The number of nitro groups is 1. The van der Waals surface area contributed by atoms with Crippen LogP contribution in [0.2, 0.25) is 0 Å². The minimum atomic E-state index is -0.381. The number of hydrogen-bond acceptors (Lipinski definition) is 3. The van der Waals surface area contributed by atoms with Crippen LogP contribution in [0, 0.1) is 10.1 Å². The van der Waals surface area contributed by atoms with E-state index >= 15 is 0 Å². The highest BCUT2D eigenvalue weighted by Crippen LogP contribution is 2.42. The second kappa shape index (κ2) is 5.92. The van der Waals surface area contributed by atoms with Gasteiger partial charge in [0.15, 0.2) is 0 Å². The Labute approximate surface area is 123 Å². The minimum absolute atomic E-state index is 0. The van der Waals surface area contributed by atoms with Crippen LogP contribution in [-0.4, -0.2) is 11.0 Å². The van der Waals surface area contributed by atoms with Crippen LogP contribution >= 0.6 is 12.4 Å². The van der Waals surface area contributed by atoms with E-state index in [0.29, 0.717) is 12.0 Å². The standard InChI is InChI=1S/C15H14N2O2.ClH/c18-17(19)13-8-6-12(7-9-13)16-15-10-14(15)11-4-2-1-3-5-11;/h1-9,14-16H,10H2;1H. The summed E-state index contributed by atoms with van der Waals surface area (Å²) >= 11 is 0. The maximum atomic E-state index is 10.6. The molecule has 4 nitrogen and oxygen atoms in total. The Kier molecular flexibility index (Phi) is 4.25. The predicted octanol–water partition coefficient (Wildman–Crippen LogP) is 3.98. The molecule has 2 aromatic carbocycles. The van der Waals surface area contributed by atoms with Crippen LogP contribution in [0.1, 0.15) is 17.9 Å². The van der Waals surface area contributed by atoms with Gasteiger partial charge in [-0.25, -0.2) is 0 Å². The average molecular weight is 291 g/mol. The van der Waals surface area contributed by atoms with Gasteiger partial charge < -0.3 is 5.32 Å². The fraction of sp³-hybridized carbons (Fsp3) is 0.200. The molecule has 20 heavy (non-hydrogen) atoms. The van der Waals surface area contributed by atoms with E-state index in [1.54, 1.807) is 12.1 Å². The lowest BCUT2D eigenvalue weighted by molar-refractivity contribution is -0.384. The molecule has 0 spiro atoms. The van der Waals surface area contributed by atoms with Gasteiger partial charge in [0.25, 0.3) is 5.69 Å². The first-order chi connectivity index (χ1) is 9.24. The molecule has 0 aliphatic heterocycles. The van der Waals surface area contributed by atoms with Crippen molar-refractivity contribution < 1.29 is 4.92 Å². The summed E-state index contributed by atoms with van der Waals surface area (Å²) in [6.07, 6.45) is 1.11. The van der Waals surface area contributed by atoms with Crippen LogP contribution in [0.3, 0.4) is 0 Å². The Hall–Kier alpha value is -2.07. The van der Waals surface area contributed by atoms with Gasteiger partial charge in [0.1, 0.15) is 0 Å². The summed E-state index contributed by atoms with van der Waals surface area (Å²) < 4.78 is 0. The predicted molar refractivity (Wildman–Crippen MR) is 81.6 cm³/mol. The quantitative estimate of drug-likeness (QED) is 0.684. The summed E-state index contributed by atoms with van der Waals surface area (Å²) in [6, 6.07) is 17.4. The fourth-order valence-electron chi connectivity index (χ4n) is 2.32. The van der Waals surface area contributed by atoms with Crippen molar-refractivity contribution in [3.05, 3.63) is 70.3 Å². The van der Waals surface area contributed by atoms with Gasteiger partial charge in [-0.15, -0.1) is 12.4 Å². The van der Waals surface area contributed by atoms with Crippen molar-refractivity contribution in [3.8, 4) is 0 Å². The monoisotopic (exact) mass is 290 g/mol. The zero-order valence-corrected chi connectivity index (χ0v) is 11.5. The molecule has 2 atom stereocenters. The minimum Gasteiger partial charge on any atom is -0.382 e. The molecule has 0 radical (unpaired) electrons. The summed E-state index contributed by atoms with van der Waals surface area (Å²) in [6.45, 7) is 0. The van der Waals surface area contributed by atoms with E-state index in [9.17, 15) is 10.1 Å². The maximum Gasteiger partial charge on any atom is 0.269 e. The second-order valence-corrected chi connectivity index (χ2v) is 4.81. The molecule has 104 valence electrons. The zero-order valence-electron chi connectivity index (χ0n) is 10.7. The normalized spacial score (nSPS) is 19.8. The topological polar surface area (TPSA) is 55.2 Å². The number of nitrogens with one attached hydrogen (secondary N) is 1. The third kappa shape index (κ3) is 3.08. The van der Waals surface area contributed by atoms with E-state index in [0.717, 1.165) is 12.1 Å². The highest BCUT2D eigenvalue weighted by Gasteiger charge is 2.38. The Bertz CT molecular complexity index is 587. The van der Waals surface area contributed by atoms with Crippen molar-refractivity contribution in [2.75, 3.05) is 5.32 Å². The molecule has 0 amide bonds. The van der Waals surface area contributed by atoms with Crippen LogP contribution < -0.4 is 5.32 Å². The molecule has 1 aliphatic carbocycles. The van der Waals surface area contributed by atoms with E-state index in [4.69, 9.17) is 0 Å². The van der Waals surface area contributed by atoms with Crippen LogP contribution in [0.15, 0.2) is 54.6 Å². The van der Waals surface area contributed by atoms with Crippen LogP contribution in [0.5, 0.6) is 0 Å². The van der Waals surface area contributed by atoms with Crippen LogP contribution in [-0.2, 0) is 0 Å². The van der Waals surface area contributed by atoms with Crippen molar-refractivity contribution in [1.82, 2.24) is 0 Å². The molecule has 2 aromatic rings. The zero-order chi connectivity index (χ0) is 13.2. The largest absolute Gasteiger partial charge is 0.382 e. The summed E-state index contributed by atoms with van der Waals surface area (Å²) in [7, 11) is 0. The third-order valence-corrected chi connectivity index (χ3v) is 3.45. The first-order valence-corrected chi connectivity index (χ1v) is 6.30. The molecule has 1 fully saturated rings. The number of non-ortho nitro benzene ring substituents is 1. The Morgan fingerprint density at radius 1 is 1.05 bits per heavy atom. The van der Waals surface area contributed by atoms with E-state index in [1.807, 2.05) is 6.07 Å². The molecule has 1 saturated carbocycles. The summed E-state index contributed by atoms with van der Waals surface area (Å²) in [5, 5.41) is 14.0. The Morgan fingerprint density at radius 2 is 1.70 bits per heavy atom. The van der Waals surface area contributed by atoms with Crippen molar-refractivity contribution in [2.45, 2.75) is 18.4 Å². The lowest BCUT2D eigenvalue weighted by atomic mass is 10.1. The molecular weight excluding hydrogens is 276 g/mol. The van der Waals surface area contributed by atoms with Gasteiger partial charge >= 0.3 is 0 Å². The van der Waals surface area contributed by atoms with Gasteiger partial charge in [-0.3, -0.25) is 10.1 Å². The number of rotatable bonds is 4. The number of benzene rings is 2. The number of hydrogen-bond donors (Lipinski definition) is 1. The number of halogens is 1. The van der Waals surface area contributed by atoms with E-state index in [-0.39, 0.29) is 23.0 Å². The van der Waals surface area contributed by atoms with Gasteiger partial charge in [-0.05, 0) is 24.1 Å². The van der Waals surface area contributed by atoms with Crippen LogP contribution in [0.4, 0.5) is 11.4 Å². The highest BCUT2D eigenvalue weighted by molar-refractivity contribution is 5.85. The van der Waals surface area contributed by atoms with E-state index in [2.05, 4.69) is 29.6 Å². The molecule has 0 heterocycles. The van der Waals surface area contributed by atoms with Crippen molar-refractivity contribution in [3.63, 3.8) is 0 Å². The average Bonchev–Trinajstić information content (AvgIpc) is 3.20. The van der Waals surface area contributed by atoms with Gasteiger partial charge in [-0.2, -0.15) is 0 Å². The summed E-state index contributed by atoms with van der Waals surface area (Å²) in [5.74, 6) is 0.552. The van der Waals surface area contributed by atoms with Gasteiger partial charge in [0.05, 0.1) is 4.92 Å². The number of nitro benzene ring substituents is 1. The van der Waals surface area contributed by atoms with E-state index < -0.39 is 0 Å². The summed E-state index contributed by atoms with van der Waals surface area (Å²) in [4.78, 5) is 10.2. The third-order valence-electron chi connectivity index (χ3n) is 3.45. The molecule has 0 saturated heterocycles. The number of nitrogens with zero attached hydrogens (tertiary/aromatic N) is 1. The maximum absolute atomic E-state index is 10.6. The molecule has 2 unspecified atom stereocenters. The van der Waals surface area contributed by atoms with Gasteiger partial charge in [0.2, 0.25) is 0 Å². The number of anilines is 1. The van der Waals surface area contributed by atoms with Gasteiger partial charge in [-0.1, -0.05) is 30.3 Å². The first kappa shape index (κ1) is 14.3. The first-order valence-electron chi connectivity index (χ1n) is 6.30. The second-order valence-electron chi connectivity index (χ2n) is 4.81. The Balaban J connectivity index is 0.00000147. The summed E-state index contributed by atoms with van der Waals surface area (Å²) in [5.41, 5.74) is 2.41.